The van der Waals surface area contributed by atoms with Gasteiger partial charge < -0.3 is 16.4 Å². The maximum absolute atomic E-state index is 11.6. The number of halogens is 1. The second-order valence-corrected chi connectivity index (χ2v) is 4.71. The summed E-state index contributed by atoms with van der Waals surface area (Å²) in [6, 6.07) is 9.60. The summed E-state index contributed by atoms with van der Waals surface area (Å²) < 4.78 is 0. The van der Waals surface area contributed by atoms with Gasteiger partial charge in [-0.1, -0.05) is 32.0 Å². The van der Waals surface area contributed by atoms with E-state index in [1.165, 1.54) is 0 Å². The largest absolute Gasteiger partial charge is 0.385 e. The first-order valence-electron chi connectivity index (χ1n) is 6.43. The summed E-state index contributed by atoms with van der Waals surface area (Å²) in [6.45, 7) is 5.38. The highest BCUT2D eigenvalue weighted by Gasteiger charge is 2.15. The number of hydrogen-bond donors (Lipinski definition) is 3. The monoisotopic (exact) mass is 285 g/mol. The molecule has 0 spiro atoms. The SMILES string of the molecule is CC(C)[C@H](N)C(=O)NCCCNc1ccccc1.Cl. The Labute approximate surface area is 121 Å². The Morgan fingerprint density at radius 2 is 1.84 bits per heavy atom. The first-order chi connectivity index (χ1) is 8.61. The molecule has 0 aromatic heterocycles. The van der Waals surface area contributed by atoms with Crippen LogP contribution in [0.4, 0.5) is 5.69 Å². The molecule has 1 atom stereocenters. The molecule has 0 aliphatic carbocycles. The van der Waals surface area contributed by atoms with Gasteiger partial charge in [-0.05, 0) is 24.5 Å². The van der Waals surface area contributed by atoms with E-state index in [-0.39, 0.29) is 24.2 Å². The quantitative estimate of drug-likeness (QED) is 0.672. The number of benzene rings is 1. The van der Waals surface area contributed by atoms with E-state index in [2.05, 4.69) is 10.6 Å². The molecule has 19 heavy (non-hydrogen) atoms. The second kappa shape index (κ2) is 9.64. The van der Waals surface area contributed by atoms with Gasteiger partial charge in [-0.25, -0.2) is 0 Å². The van der Waals surface area contributed by atoms with Gasteiger partial charge in [-0.15, -0.1) is 12.4 Å². The van der Waals surface area contributed by atoms with Gasteiger partial charge in [0, 0.05) is 18.8 Å². The highest BCUT2D eigenvalue weighted by molar-refractivity contribution is 5.85. The summed E-state index contributed by atoms with van der Waals surface area (Å²) in [5.41, 5.74) is 6.84. The lowest BCUT2D eigenvalue weighted by molar-refractivity contribution is -0.123. The average molecular weight is 286 g/mol. The molecule has 1 aromatic rings. The van der Waals surface area contributed by atoms with Crippen molar-refractivity contribution in [2.75, 3.05) is 18.4 Å². The van der Waals surface area contributed by atoms with Crippen LogP contribution in [0.3, 0.4) is 0 Å². The van der Waals surface area contributed by atoms with E-state index in [1.807, 2.05) is 44.2 Å². The normalized spacial score (nSPS) is 11.6. The van der Waals surface area contributed by atoms with Crippen LogP contribution in [0.1, 0.15) is 20.3 Å². The summed E-state index contributed by atoms with van der Waals surface area (Å²) in [7, 11) is 0. The van der Waals surface area contributed by atoms with Crippen molar-refractivity contribution < 1.29 is 4.79 Å². The van der Waals surface area contributed by atoms with Crippen molar-refractivity contribution in [2.24, 2.45) is 11.7 Å². The molecule has 0 saturated heterocycles. The third-order valence-corrected chi connectivity index (χ3v) is 2.78. The number of nitrogens with one attached hydrogen (secondary N) is 2. The molecule has 0 unspecified atom stereocenters. The van der Waals surface area contributed by atoms with Gasteiger partial charge in [0.2, 0.25) is 5.91 Å². The van der Waals surface area contributed by atoms with E-state index >= 15 is 0 Å². The predicted molar refractivity (Wildman–Crippen MR) is 82.6 cm³/mol. The molecule has 5 heteroatoms. The smallest absolute Gasteiger partial charge is 0.237 e. The lowest BCUT2D eigenvalue weighted by Crippen LogP contribution is -2.44. The molecule has 1 aromatic carbocycles. The van der Waals surface area contributed by atoms with Crippen molar-refractivity contribution in [1.29, 1.82) is 0 Å². The first-order valence-corrected chi connectivity index (χ1v) is 6.43. The highest BCUT2D eigenvalue weighted by atomic mass is 35.5. The predicted octanol–water partition coefficient (Wildman–Crippen LogP) is 2.01. The number of carbonyl (C=O) groups excluding carboxylic acids is 1. The van der Waals surface area contributed by atoms with Crippen LogP contribution in [-0.4, -0.2) is 25.0 Å². The van der Waals surface area contributed by atoms with E-state index in [9.17, 15) is 4.79 Å². The van der Waals surface area contributed by atoms with E-state index < -0.39 is 6.04 Å². The Bertz CT molecular complexity index is 357. The Kier molecular flexibility index (Phi) is 9.00. The number of nitrogens with two attached hydrogens (primary N) is 1. The molecule has 0 bridgehead atoms. The standard InChI is InChI=1S/C14H23N3O.ClH/c1-11(2)13(15)14(18)17-10-6-9-16-12-7-4-3-5-8-12;/h3-5,7-8,11,13,16H,6,9-10,15H2,1-2H3,(H,17,18);1H/t13-;/m0./s1. The molecule has 4 N–H and O–H groups in total. The Hall–Kier alpha value is -1.26. The van der Waals surface area contributed by atoms with Crippen molar-refractivity contribution in [1.82, 2.24) is 5.32 Å². The van der Waals surface area contributed by atoms with Crippen LogP contribution in [0.2, 0.25) is 0 Å². The molecule has 0 heterocycles. The van der Waals surface area contributed by atoms with E-state index in [0.29, 0.717) is 6.54 Å². The minimum Gasteiger partial charge on any atom is -0.385 e. The average Bonchev–Trinajstić information content (AvgIpc) is 2.38. The van der Waals surface area contributed by atoms with Crippen molar-refractivity contribution in [3.05, 3.63) is 30.3 Å². The fourth-order valence-corrected chi connectivity index (χ4v) is 1.51. The first kappa shape index (κ1) is 17.7. The summed E-state index contributed by atoms with van der Waals surface area (Å²) in [5, 5.41) is 6.13. The molecule has 0 radical (unpaired) electrons. The maximum Gasteiger partial charge on any atom is 0.237 e. The topological polar surface area (TPSA) is 67.2 Å². The molecule has 108 valence electrons. The third-order valence-electron chi connectivity index (χ3n) is 2.78. The number of amides is 1. The second-order valence-electron chi connectivity index (χ2n) is 4.71. The van der Waals surface area contributed by atoms with Crippen LogP contribution in [0.5, 0.6) is 0 Å². The zero-order valence-electron chi connectivity index (χ0n) is 11.6. The molecule has 4 nitrogen and oxygen atoms in total. The van der Waals surface area contributed by atoms with Gasteiger partial charge in [0.05, 0.1) is 6.04 Å². The van der Waals surface area contributed by atoms with Gasteiger partial charge in [0.25, 0.3) is 0 Å². The summed E-state index contributed by atoms with van der Waals surface area (Å²) in [4.78, 5) is 11.6. The number of para-hydroxylation sites is 1. The number of anilines is 1. The van der Waals surface area contributed by atoms with E-state index in [4.69, 9.17) is 5.73 Å². The Morgan fingerprint density at radius 3 is 2.42 bits per heavy atom. The molecule has 0 fully saturated rings. The van der Waals surface area contributed by atoms with Crippen molar-refractivity contribution in [3.8, 4) is 0 Å². The van der Waals surface area contributed by atoms with Crippen LogP contribution in [0, 0.1) is 5.92 Å². The Balaban J connectivity index is 0.00000324. The zero-order chi connectivity index (χ0) is 13.4. The Morgan fingerprint density at radius 1 is 1.21 bits per heavy atom. The third kappa shape index (κ3) is 7.03. The van der Waals surface area contributed by atoms with Gasteiger partial charge in [0.15, 0.2) is 0 Å². The van der Waals surface area contributed by atoms with E-state index in [1.54, 1.807) is 0 Å². The fourth-order valence-electron chi connectivity index (χ4n) is 1.51. The summed E-state index contributed by atoms with van der Waals surface area (Å²) in [5.74, 6) is 0.108. The number of hydrogen-bond acceptors (Lipinski definition) is 3. The van der Waals surface area contributed by atoms with Gasteiger partial charge in [0.1, 0.15) is 0 Å². The van der Waals surface area contributed by atoms with Crippen LogP contribution in [-0.2, 0) is 4.79 Å². The van der Waals surface area contributed by atoms with Crippen LogP contribution < -0.4 is 16.4 Å². The van der Waals surface area contributed by atoms with Gasteiger partial charge in [-0.2, -0.15) is 0 Å². The summed E-state index contributed by atoms with van der Waals surface area (Å²) in [6.07, 6.45) is 0.880. The van der Waals surface area contributed by atoms with Crippen LogP contribution >= 0.6 is 12.4 Å². The maximum atomic E-state index is 11.6. The van der Waals surface area contributed by atoms with Crippen molar-refractivity contribution in [3.63, 3.8) is 0 Å². The summed E-state index contributed by atoms with van der Waals surface area (Å²) >= 11 is 0. The lowest BCUT2D eigenvalue weighted by atomic mass is 10.1. The molecule has 1 rings (SSSR count). The van der Waals surface area contributed by atoms with Crippen molar-refractivity contribution >= 4 is 24.0 Å². The molecule has 1 amide bonds. The molecule has 0 aliphatic heterocycles. The highest BCUT2D eigenvalue weighted by Crippen LogP contribution is 2.04. The van der Waals surface area contributed by atoms with Crippen LogP contribution in [0.15, 0.2) is 30.3 Å². The van der Waals surface area contributed by atoms with Crippen LogP contribution in [0.25, 0.3) is 0 Å². The molecule has 0 saturated carbocycles. The number of rotatable bonds is 7. The molecular formula is C14H24ClN3O. The van der Waals surface area contributed by atoms with Crippen molar-refractivity contribution in [2.45, 2.75) is 26.3 Å². The number of carbonyl (C=O) groups is 1. The molecular weight excluding hydrogens is 262 g/mol. The van der Waals surface area contributed by atoms with Gasteiger partial charge in [-0.3, -0.25) is 4.79 Å². The fraction of sp³-hybridized carbons (Fsp3) is 0.500. The van der Waals surface area contributed by atoms with Gasteiger partial charge >= 0.3 is 0 Å². The zero-order valence-corrected chi connectivity index (χ0v) is 12.4. The minimum absolute atomic E-state index is 0. The lowest BCUT2D eigenvalue weighted by Gasteiger charge is -2.15. The molecule has 0 aliphatic rings. The van der Waals surface area contributed by atoms with E-state index in [0.717, 1.165) is 18.7 Å². The minimum atomic E-state index is -0.410.